The van der Waals surface area contributed by atoms with E-state index in [0.29, 0.717) is 61.3 Å². The molecule has 34 heavy (non-hydrogen) atoms. The number of amides is 2. The maximum Gasteiger partial charge on any atom is 0.292 e. The number of carbonyl (C=O) groups excluding carboxylic acids is 2. The lowest BCUT2D eigenvalue weighted by atomic mass is 10.2. The lowest BCUT2D eigenvalue weighted by Crippen LogP contribution is -2.49. The summed E-state index contributed by atoms with van der Waals surface area (Å²) in [5.74, 6) is 0.0842. The first-order valence-corrected chi connectivity index (χ1v) is 12.4. The predicted octanol–water partition coefficient (Wildman–Crippen LogP) is 2.36. The van der Waals surface area contributed by atoms with Crippen LogP contribution in [0, 0.1) is 0 Å². The average molecular weight is 499 g/mol. The van der Waals surface area contributed by atoms with E-state index in [2.05, 4.69) is 10.1 Å². The first kappa shape index (κ1) is 22.5. The Balaban J connectivity index is 1.21. The molecule has 5 rings (SSSR count). The van der Waals surface area contributed by atoms with Crippen LogP contribution in [-0.4, -0.2) is 64.2 Å². The molecule has 1 aromatic carbocycles. The number of piperazine rings is 1. The summed E-state index contributed by atoms with van der Waals surface area (Å²) in [4.78, 5) is 47.5. The van der Waals surface area contributed by atoms with Gasteiger partial charge in [0.1, 0.15) is 5.02 Å². The molecule has 176 valence electrons. The maximum atomic E-state index is 12.8. The SMILES string of the molecule is O=C(Cc1csc(N2CCCC2=O)n1)N1CCN(c2cnn(-c3ccccc3)c(=O)c2Cl)CC1. The first-order chi connectivity index (χ1) is 16.5. The van der Waals surface area contributed by atoms with Crippen LogP contribution in [0.3, 0.4) is 0 Å². The smallest absolute Gasteiger partial charge is 0.292 e. The van der Waals surface area contributed by atoms with Gasteiger partial charge in [-0.25, -0.2) is 4.98 Å². The zero-order valence-electron chi connectivity index (χ0n) is 18.4. The largest absolute Gasteiger partial charge is 0.365 e. The number of thiazole rings is 1. The van der Waals surface area contributed by atoms with Gasteiger partial charge in [-0.2, -0.15) is 9.78 Å². The average Bonchev–Trinajstić information content (AvgIpc) is 3.50. The summed E-state index contributed by atoms with van der Waals surface area (Å²) >= 11 is 7.82. The summed E-state index contributed by atoms with van der Waals surface area (Å²) in [6.07, 6.45) is 3.20. The first-order valence-electron chi connectivity index (χ1n) is 11.1. The summed E-state index contributed by atoms with van der Waals surface area (Å²) in [5, 5.41) is 6.93. The van der Waals surface area contributed by atoms with Gasteiger partial charge in [0.2, 0.25) is 11.8 Å². The monoisotopic (exact) mass is 498 g/mol. The highest BCUT2D eigenvalue weighted by molar-refractivity contribution is 7.14. The van der Waals surface area contributed by atoms with Gasteiger partial charge in [-0.05, 0) is 18.6 Å². The molecule has 0 atom stereocenters. The quantitative estimate of drug-likeness (QED) is 0.536. The van der Waals surface area contributed by atoms with E-state index in [1.165, 1.54) is 16.0 Å². The van der Waals surface area contributed by atoms with Gasteiger partial charge in [0.05, 0.1) is 29.7 Å². The minimum atomic E-state index is -0.375. The Bertz CT molecular complexity index is 1270. The number of nitrogens with zero attached hydrogens (tertiary/aromatic N) is 6. The van der Waals surface area contributed by atoms with Crippen molar-refractivity contribution < 1.29 is 9.59 Å². The normalized spacial score (nSPS) is 16.4. The fourth-order valence-electron chi connectivity index (χ4n) is 4.21. The second kappa shape index (κ2) is 9.55. The molecule has 0 saturated carbocycles. The number of para-hydroxylation sites is 1. The zero-order chi connectivity index (χ0) is 23.7. The van der Waals surface area contributed by atoms with Crippen molar-refractivity contribution in [2.24, 2.45) is 0 Å². The van der Waals surface area contributed by atoms with Crippen molar-refractivity contribution in [1.82, 2.24) is 19.7 Å². The van der Waals surface area contributed by atoms with Crippen LogP contribution in [0.5, 0.6) is 0 Å². The molecule has 2 aliphatic rings. The van der Waals surface area contributed by atoms with E-state index in [1.54, 1.807) is 28.1 Å². The molecule has 2 amide bonds. The standard InChI is InChI=1S/C23H23ClN6O3S/c24-21-18(14-25-30(22(21)33)17-5-2-1-3-6-17)27-9-11-28(12-10-27)20(32)13-16-15-34-23(26-16)29-8-4-7-19(29)31/h1-3,5-6,14-15H,4,7-13H2. The highest BCUT2D eigenvalue weighted by Gasteiger charge is 2.27. The Kier molecular flexibility index (Phi) is 6.34. The summed E-state index contributed by atoms with van der Waals surface area (Å²) in [6, 6.07) is 9.12. The van der Waals surface area contributed by atoms with Gasteiger partial charge in [0.25, 0.3) is 5.56 Å². The van der Waals surface area contributed by atoms with Crippen LogP contribution >= 0.6 is 22.9 Å². The molecule has 2 saturated heterocycles. The molecule has 0 spiro atoms. The zero-order valence-corrected chi connectivity index (χ0v) is 20.0. The van der Waals surface area contributed by atoms with Crippen molar-refractivity contribution in [2.45, 2.75) is 19.3 Å². The lowest BCUT2D eigenvalue weighted by Gasteiger charge is -2.36. The van der Waals surface area contributed by atoms with Gasteiger partial charge in [-0.15, -0.1) is 11.3 Å². The summed E-state index contributed by atoms with van der Waals surface area (Å²) in [5.41, 5.74) is 1.53. The molecular formula is C23H23ClN6O3S. The summed E-state index contributed by atoms with van der Waals surface area (Å²) < 4.78 is 1.28. The molecule has 0 aliphatic carbocycles. The van der Waals surface area contributed by atoms with Crippen LogP contribution in [0.15, 0.2) is 46.7 Å². The van der Waals surface area contributed by atoms with Crippen molar-refractivity contribution in [3.05, 3.63) is 63.0 Å². The highest BCUT2D eigenvalue weighted by Crippen LogP contribution is 2.26. The number of aromatic nitrogens is 3. The van der Waals surface area contributed by atoms with E-state index >= 15 is 0 Å². The molecular weight excluding hydrogens is 476 g/mol. The Morgan fingerprint density at radius 1 is 1.06 bits per heavy atom. The maximum absolute atomic E-state index is 12.8. The van der Waals surface area contributed by atoms with E-state index in [9.17, 15) is 14.4 Å². The molecule has 0 N–H and O–H groups in total. The Morgan fingerprint density at radius 3 is 2.53 bits per heavy atom. The van der Waals surface area contributed by atoms with Gasteiger partial charge in [0.15, 0.2) is 5.13 Å². The van der Waals surface area contributed by atoms with E-state index in [4.69, 9.17) is 11.6 Å². The Morgan fingerprint density at radius 2 is 1.82 bits per heavy atom. The number of carbonyl (C=O) groups is 2. The molecule has 11 heteroatoms. The van der Waals surface area contributed by atoms with Crippen LogP contribution in [0.25, 0.3) is 5.69 Å². The minimum absolute atomic E-state index is 0.00651. The topological polar surface area (TPSA) is 91.6 Å². The number of benzene rings is 1. The molecule has 0 bridgehead atoms. The van der Waals surface area contributed by atoms with Crippen molar-refractivity contribution in [2.75, 3.05) is 42.5 Å². The van der Waals surface area contributed by atoms with Crippen LogP contribution < -0.4 is 15.4 Å². The number of hydrogen-bond acceptors (Lipinski definition) is 7. The number of hydrogen-bond donors (Lipinski definition) is 0. The second-order valence-electron chi connectivity index (χ2n) is 8.21. The third kappa shape index (κ3) is 4.43. The van der Waals surface area contributed by atoms with E-state index in [0.717, 1.165) is 6.42 Å². The lowest BCUT2D eigenvalue weighted by molar-refractivity contribution is -0.130. The molecule has 2 aliphatic heterocycles. The van der Waals surface area contributed by atoms with Crippen LogP contribution in [0.1, 0.15) is 18.5 Å². The second-order valence-corrected chi connectivity index (χ2v) is 9.43. The molecule has 3 aromatic rings. The fraction of sp³-hybridized carbons (Fsp3) is 0.348. The third-order valence-electron chi connectivity index (χ3n) is 6.05. The van der Waals surface area contributed by atoms with Gasteiger partial charge in [0, 0.05) is 44.5 Å². The molecule has 0 radical (unpaired) electrons. The van der Waals surface area contributed by atoms with E-state index < -0.39 is 0 Å². The van der Waals surface area contributed by atoms with E-state index in [-0.39, 0.29) is 28.8 Å². The van der Waals surface area contributed by atoms with E-state index in [1.807, 2.05) is 28.5 Å². The Labute approximate surface area is 205 Å². The Hall–Kier alpha value is -3.24. The molecule has 9 nitrogen and oxygen atoms in total. The van der Waals surface area contributed by atoms with Crippen molar-refractivity contribution in [1.29, 1.82) is 0 Å². The molecule has 2 aromatic heterocycles. The summed E-state index contributed by atoms with van der Waals surface area (Å²) in [7, 11) is 0. The molecule has 0 unspecified atom stereocenters. The fourth-order valence-corrected chi connectivity index (χ4v) is 5.33. The number of halogens is 1. The van der Waals surface area contributed by atoms with Gasteiger partial charge < -0.3 is 9.80 Å². The van der Waals surface area contributed by atoms with Crippen LogP contribution in [-0.2, 0) is 16.0 Å². The predicted molar refractivity (Wildman–Crippen MR) is 131 cm³/mol. The molecule has 2 fully saturated rings. The van der Waals surface area contributed by atoms with Crippen molar-refractivity contribution in [3.63, 3.8) is 0 Å². The van der Waals surface area contributed by atoms with Gasteiger partial charge in [-0.1, -0.05) is 29.8 Å². The minimum Gasteiger partial charge on any atom is -0.365 e. The van der Waals surface area contributed by atoms with Gasteiger partial charge >= 0.3 is 0 Å². The van der Waals surface area contributed by atoms with Crippen molar-refractivity contribution in [3.8, 4) is 5.69 Å². The number of anilines is 2. The highest BCUT2D eigenvalue weighted by atomic mass is 35.5. The molecule has 4 heterocycles. The number of rotatable bonds is 5. The summed E-state index contributed by atoms with van der Waals surface area (Å²) in [6.45, 7) is 2.81. The van der Waals surface area contributed by atoms with Crippen LogP contribution in [0.4, 0.5) is 10.8 Å². The van der Waals surface area contributed by atoms with Crippen molar-refractivity contribution >= 4 is 45.6 Å². The van der Waals surface area contributed by atoms with Gasteiger partial charge in [-0.3, -0.25) is 19.3 Å². The van der Waals surface area contributed by atoms with Crippen LogP contribution in [0.2, 0.25) is 5.02 Å². The third-order valence-corrected chi connectivity index (χ3v) is 7.32.